The lowest BCUT2D eigenvalue weighted by Gasteiger charge is -2.24. The zero-order chi connectivity index (χ0) is 18.2. The molecule has 130 valence electrons. The third-order valence-corrected chi connectivity index (χ3v) is 4.31. The van der Waals surface area contributed by atoms with Crippen LogP contribution in [0.3, 0.4) is 0 Å². The fourth-order valence-corrected chi connectivity index (χ4v) is 2.83. The maximum Gasteiger partial charge on any atom is 0.418 e. The number of halogens is 3. The highest BCUT2D eigenvalue weighted by Crippen LogP contribution is 2.36. The van der Waals surface area contributed by atoms with E-state index in [-0.39, 0.29) is 5.69 Å². The van der Waals surface area contributed by atoms with E-state index in [0.29, 0.717) is 0 Å². The topological polar surface area (TPSA) is 44.9 Å². The lowest BCUT2D eigenvalue weighted by Crippen LogP contribution is -2.35. The van der Waals surface area contributed by atoms with Gasteiger partial charge in [0.15, 0.2) is 0 Å². The van der Waals surface area contributed by atoms with Crippen molar-refractivity contribution < 1.29 is 18.0 Å². The van der Waals surface area contributed by atoms with Gasteiger partial charge in [-0.15, -0.1) is 0 Å². The van der Waals surface area contributed by atoms with Gasteiger partial charge in [0.2, 0.25) is 5.91 Å². The van der Waals surface area contributed by atoms with Crippen LogP contribution in [-0.4, -0.2) is 10.9 Å². The van der Waals surface area contributed by atoms with E-state index in [1.807, 2.05) is 24.3 Å². The van der Waals surface area contributed by atoms with Gasteiger partial charge in [-0.25, -0.2) is 0 Å². The molecular formula is C19H17F3N2O. The summed E-state index contributed by atoms with van der Waals surface area (Å²) in [5, 5.41) is 3.30. The molecule has 0 spiro atoms. The number of carbonyl (C=O) groups excluding carboxylic acids is 1. The van der Waals surface area contributed by atoms with Crippen molar-refractivity contribution in [2.75, 3.05) is 5.32 Å². The number of nitrogens with one attached hydrogen (secondary N) is 2. The van der Waals surface area contributed by atoms with E-state index >= 15 is 0 Å². The third-order valence-electron chi connectivity index (χ3n) is 4.31. The number of hydrogen-bond donors (Lipinski definition) is 2. The van der Waals surface area contributed by atoms with Gasteiger partial charge in [-0.1, -0.05) is 30.3 Å². The van der Waals surface area contributed by atoms with Crippen LogP contribution in [0.15, 0.2) is 54.7 Å². The largest absolute Gasteiger partial charge is 0.418 e. The van der Waals surface area contributed by atoms with Gasteiger partial charge < -0.3 is 10.3 Å². The van der Waals surface area contributed by atoms with Gasteiger partial charge in [-0.05, 0) is 37.6 Å². The van der Waals surface area contributed by atoms with Crippen LogP contribution in [0.25, 0.3) is 10.9 Å². The van der Waals surface area contributed by atoms with Crippen LogP contribution in [0, 0.1) is 0 Å². The number of para-hydroxylation sites is 2. The molecule has 0 bridgehead atoms. The van der Waals surface area contributed by atoms with Crippen LogP contribution in [-0.2, 0) is 16.4 Å². The minimum atomic E-state index is -4.53. The standard InChI is InChI=1S/C19H17F3N2O/c1-18(2,14-11-23-15-9-5-3-7-12(14)15)17(25)24-16-10-6-4-8-13(16)19(20,21)22/h3-11,23H,1-2H3,(H,24,25). The number of anilines is 1. The van der Waals surface area contributed by atoms with Crippen molar-refractivity contribution in [3.63, 3.8) is 0 Å². The molecule has 1 heterocycles. The van der Waals surface area contributed by atoms with E-state index < -0.39 is 23.1 Å². The van der Waals surface area contributed by atoms with E-state index in [1.54, 1.807) is 20.0 Å². The second-order valence-electron chi connectivity index (χ2n) is 6.37. The van der Waals surface area contributed by atoms with E-state index in [4.69, 9.17) is 0 Å². The van der Waals surface area contributed by atoms with Gasteiger partial charge >= 0.3 is 6.18 Å². The summed E-state index contributed by atoms with van der Waals surface area (Å²) >= 11 is 0. The molecule has 0 saturated heterocycles. The second-order valence-corrected chi connectivity index (χ2v) is 6.37. The van der Waals surface area contributed by atoms with Crippen molar-refractivity contribution in [1.82, 2.24) is 4.98 Å². The van der Waals surface area contributed by atoms with Crippen LogP contribution >= 0.6 is 0 Å². The van der Waals surface area contributed by atoms with E-state index in [9.17, 15) is 18.0 Å². The van der Waals surface area contributed by atoms with E-state index in [0.717, 1.165) is 22.5 Å². The van der Waals surface area contributed by atoms with Crippen molar-refractivity contribution >= 4 is 22.5 Å². The fourth-order valence-electron chi connectivity index (χ4n) is 2.83. The van der Waals surface area contributed by atoms with Crippen LogP contribution in [0.1, 0.15) is 25.0 Å². The molecule has 0 unspecified atom stereocenters. The SMILES string of the molecule is CC(C)(C(=O)Nc1ccccc1C(F)(F)F)c1c[nH]c2ccccc12. The summed E-state index contributed by atoms with van der Waals surface area (Å²) in [6, 6.07) is 12.4. The Morgan fingerprint density at radius 3 is 2.32 bits per heavy atom. The Kier molecular flexibility index (Phi) is 4.06. The maximum atomic E-state index is 13.1. The number of alkyl halides is 3. The minimum Gasteiger partial charge on any atom is -0.361 e. The number of benzene rings is 2. The van der Waals surface area contributed by atoms with E-state index in [2.05, 4.69) is 10.3 Å². The van der Waals surface area contributed by atoms with Gasteiger partial charge in [-0.2, -0.15) is 13.2 Å². The number of aromatic nitrogens is 1. The smallest absolute Gasteiger partial charge is 0.361 e. The Morgan fingerprint density at radius 1 is 0.960 bits per heavy atom. The molecule has 2 N–H and O–H groups in total. The lowest BCUT2D eigenvalue weighted by molar-refractivity contribution is -0.137. The van der Waals surface area contributed by atoms with Crippen molar-refractivity contribution in [2.24, 2.45) is 0 Å². The summed E-state index contributed by atoms with van der Waals surface area (Å²) in [6.07, 6.45) is -2.81. The first-order valence-electron chi connectivity index (χ1n) is 7.75. The number of aromatic amines is 1. The quantitative estimate of drug-likeness (QED) is 0.681. The van der Waals surface area contributed by atoms with Crippen molar-refractivity contribution in [3.05, 3.63) is 65.9 Å². The number of hydrogen-bond acceptors (Lipinski definition) is 1. The Morgan fingerprint density at radius 2 is 1.60 bits per heavy atom. The second kappa shape index (κ2) is 5.95. The molecule has 0 saturated carbocycles. The Balaban J connectivity index is 1.96. The number of fused-ring (bicyclic) bond motifs is 1. The molecule has 0 aliphatic rings. The molecule has 6 heteroatoms. The third kappa shape index (κ3) is 3.12. The summed E-state index contributed by atoms with van der Waals surface area (Å²) < 4.78 is 39.4. The number of rotatable bonds is 3. The van der Waals surface area contributed by atoms with Gasteiger partial charge in [0.05, 0.1) is 16.7 Å². The number of H-pyrrole nitrogens is 1. The summed E-state index contributed by atoms with van der Waals surface area (Å²) in [7, 11) is 0. The molecule has 25 heavy (non-hydrogen) atoms. The number of amides is 1. The summed E-state index contributed by atoms with van der Waals surface area (Å²) in [6.45, 7) is 3.38. The summed E-state index contributed by atoms with van der Waals surface area (Å²) in [5.41, 5.74) is -0.525. The van der Waals surface area contributed by atoms with Crippen LogP contribution < -0.4 is 5.32 Å². The average molecular weight is 346 g/mol. The highest BCUT2D eigenvalue weighted by molar-refractivity contribution is 6.02. The highest BCUT2D eigenvalue weighted by Gasteiger charge is 2.36. The van der Waals surface area contributed by atoms with Gasteiger partial charge in [0.1, 0.15) is 0 Å². The first-order chi connectivity index (χ1) is 11.7. The van der Waals surface area contributed by atoms with Gasteiger partial charge in [0, 0.05) is 17.1 Å². The molecule has 0 aliphatic carbocycles. The average Bonchev–Trinajstić information content (AvgIpc) is 2.99. The van der Waals surface area contributed by atoms with Crippen molar-refractivity contribution in [1.29, 1.82) is 0 Å². The molecule has 0 atom stereocenters. The molecule has 0 radical (unpaired) electrons. The molecule has 3 rings (SSSR count). The summed E-state index contributed by atoms with van der Waals surface area (Å²) in [4.78, 5) is 15.9. The molecule has 3 aromatic rings. The van der Waals surface area contributed by atoms with Crippen LogP contribution in [0.4, 0.5) is 18.9 Å². The molecule has 3 nitrogen and oxygen atoms in total. The predicted molar refractivity (Wildman–Crippen MR) is 91.4 cm³/mol. The van der Waals surface area contributed by atoms with Crippen molar-refractivity contribution in [3.8, 4) is 0 Å². The highest BCUT2D eigenvalue weighted by atomic mass is 19.4. The van der Waals surface area contributed by atoms with Gasteiger partial charge in [-0.3, -0.25) is 4.79 Å². The molecule has 1 amide bonds. The Labute approximate surface area is 142 Å². The molecule has 2 aromatic carbocycles. The Bertz CT molecular complexity index is 926. The van der Waals surface area contributed by atoms with Gasteiger partial charge in [0.25, 0.3) is 0 Å². The Hall–Kier alpha value is -2.76. The first-order valence-corrected chi connectivity index (χ1v) is 7.75. The van der Waals surface area contributed by atoms with E-state index in [1.165, 1.54) is 18.2 Å². The molecule has 0 aliphatic heterocycles. The zero-order valence-corrected chi connectivity index (χ0v) is 13.7. The summed E-state index contributed by atoms with van der Waals surface area (Å²) in [5.74, 6) is -0.506. The van der Waals surface area contributed by atoms with Crippen LogP contribution in [0.5, 0.6) is 0 Å². The molecule has 1 aromatic heterocycles. The maximum absolute atomic E-state index is 13.1. The zero-order valence-electron chi connectivity index (χ0n) is 13.7. The van der Waals surface area contributed by atoms with Crippen LogP contribution in [0.2, 0.25) is 0 Å². The lowest BCUT2D eigenvalue weighted by atomic mass is 9.83. The first kappa shape index (κ1) is 17.1. The molecular weight excluding hydrogens is 329 g/mol. The minimum absolute atomic E-state index is 0.243. The monoisotopic (exact) mass is 346 g/mol. The normalized spacial score (nSPS) is 12.4. The van der Waals surface area contributed by atoms with Crippen molar-refractivity contribution in [2.45, 2.75) is 25.4 Å². The molecule has 0 fully saturated rings. The fraction of sp³-hybridized carbons (Fsp3) is 0.211. The predicted octanol–water partition coefficient (Wildman–Crippen LogP) is 5.10. The number of carbonyl (C=O) groups is 1.